The first-order valence-corrected chi connectivity index (χ1v) is 4.93. The van der Waals surface area contributed by atoms with Gasteiger partial charge in [0.05, 0.1) is 13.2 Å². The Morgan fingerprint density at radius 2 is 2.06 bits per heavy atom. The average Bonchev–Trinajstić information content (AvgIpc) is 2.11. The standard InChI is InChI=1S/C9H17F3N2O2/c1-3-16-8(15)7(13)4-5-14(2)6-9(10,11)12/h7H,3-6,13H2,1-2H3. The van der Waals surface area contributed by atoms with E-state index >= 15 is 0 Å². The normalized spacial score (nSPS) is 13.9. The Morgan fingerprint density at radius 3 is 2.50 bits per heavy atom. The third kappa shape index (κ3) is 7.47. The molecule has 0 aromatic heterocycles. The van der Waals surface area contributed by atoms with Gasteiger partial charge in [0.2, 0.25) is 0 Å². The molecule has 0 rings (SSSR count). The zero-order chi connectivity index (χ0) is 12.8. The Morgan fingerprint density at radius 1 is 1.50 bits per heavy atom. The predicted molar refractivity (Wildman–Crippen MR) is 52.8 cm³/mol. The van der Waals surface area contributed by atoms with Gasteiger partial charge in [-0.05, 0) is 20.4 Å². The molecule has 16 heavy (non-hydrogen) atoms. The lowest BCUT2D eigenvalue weighted by atomic mass is 10.2. The molecule has 0 spiro atoms. The van der Waals surface area contributed by atoms with Gasteiger partial charge in [0.25, 0.3) is 0 Å². The van der Waals surface area contributed by atoms with Crippen LogP contribution in [-0.2, 0) is 9.53 Å². The second-order valence-electron chi connectivity index (χ2n) is 3.50. The second-order valence-corrected chi connectivity index (χ2v) is 3.50. The van der Waals surface area contributed by atoms with E-state index in [1.165, 1.54) is 7.05 Å². The van der Waals surface area contributed by atoms with Crippen LogP contribution in [0.3, 0.4) is 0 Å². The zero-order valence-corrected chi connectivity index (χ0v) is 9.38. The van der Waals surface area contributed by atoms with Gasteiger partial charge in [-0.3, -0.25) is 9.69 Å². The van der Waals surface area contributed by atoms with Crippen LogP contribution in [0.15, 0.2) is 0 Å². The van der Waals surface area contributed by atoms with E-state index in [1.54, 1.807) is 6.92 Å². The number of hydrogen-bond acceptors (Lipinski definition) is 4. The molecule has 0 aliphatic rings. The van der Waals surface area contributed by atoms with Crippen LogP contribution in [0.5, 0.6) is 0 Å². The van der Waals surface area contributed by atoms with Gasteiger partial charge in [0.1, 0.15) is 6.04 Å². The van der Waals surface area contributed by atoms with E-state index in [9.17, 15) is 18.0 Å². The van der Waals surface area contributed by atoms with Gasteiger partial charge in [-0.2, -0.15) is 13.2 Å². The van der Waals surface area contributed by atoms with Crippen molar-refractivity contribution in [1.82, 2.24) is 4.90 Å². The molecule has 0 aliphatic heterocycles. The first-order valence-electron chi connectivity index (χ1n) is 4.93. The lowest BCUT2D eigenvalue weighted by molar-refractivity contribution is -0.146. The molecule has 1 unspecified atom stereocenters. The van der Waals surface area contributed by atoms with E-state index in [0.717, 1.165) is 4.90 Å². The monoisotopic (exact) mass is 242 g/mol. The van der Waals surface area contributed by atoms with E-state index in [1.807, 2.05) is 0 Å². The first kappa shape index (κ1) is 15.2. The molecule has 0 radical (unpaired) electrons. The lowest BCUT2D eigenvalue weighted by Crippen LogP contribution is -2.38. The van der Waals surface area contributed by atoms with E-state index < -0.39 is 24.7 Å². The van der Waals surface area contributed by atoms with Crippen LogP contribution in [0.25, 0.3) is 0 Å². The minimum atomic E-state index is -4.23. The Hall–Kier alpha value is -0.820. The molecule has 0 aromatic rings. The maximum Gasteiger partial charge on any atom is 0.401 e. The highest BCUT2D eigenvalue weighted by Crippen LogP contribution is 2.15. The Kier molecular flexibility index (Phi) is 6.35. The molecule has 4 nitrogen and oxygen atoms in total. The van der Waals surface area contributed by atoms with Crippen molar-refractivity contribution in [2.24, 2.45) is 5.73 Å². The second kappa shape index (κ2) is 6.70. The lowest BCUT2D eigenvalue weighted by Gasteiger charge is -2.19. The third-order valence-corrected chi connectivity index (χ3v) is 1.86. The predicted octanol–water partition coefficient (Wildman–Crippen LogP) is 0.761. The van der Waals surface area contributed by atoms with Crippen molar-refractivity contribution in [3.8, 4) is 0 Å². The smallest absolute Gasteiger partial charge is 0.401 e. The van der Waals surface area contributed by atoms with E-state index in [4.69, 9.17) is 5.73 Å². The van der Waals surface area contributed by atoms with Crippen LogP contribution in [0.2, 0.25) is 0 Å². The van der Waals surface area contributed by atoms with Gasteiger partial charge in [0.15, 0.2) is 0 Å². The van der Waals surface area contributed by atoms with Gasteiger partial charge < -0.3 is 10.5 Å². The van der Waals surface area contributed by atoms with Gasteiger partial charge >= 0.3 is 12.1 Å². The summed E-state index contributed by atoms with van der Waals surface area (Å²) in [6, 6.07) is -0.865. The van der Waals surface area contributed by atoms with Crippen LogP contribution in [0, 0.1) is 0 Å². The summed E-state index contributed by atoms with van der Waals surface area (Å²) in [5, 5.41) is 0. The molecule has 0 amide bonds. The number of ether oxygens (including phenoxy) is 1. The van der Waals surface area contributed by atoms with Gasteiger partial charge in [-0.15, -0.1) is 0 Å². The summed E-state index contributed by atoms with van der Waals surface area (Å²) in [4.78, 5) is 12.1. The van der Waals surface area contributed by atoms with Crippen LogP contribution < -0.4 is 5.73 Å². The number of halogens is 3. The van der Waals surface area contributed by atoms with E-state index in [2.05, 4.69) is 4.74 Å². The maximum atomic E-state index is 11.9. The van der Waals surface area contributed by atoms with Crippen LogP contribution >= 0.6 is 0 Å². The molecule has 0 heterocycles. The largest absolute Gasteiger partial charge is 0.465 e. The third-order valence-electron chi connectivity index (χ3n) is 1.86. The summed E-state index contributed by atoms with van der Waals surface area (Å²) in [7, 11) is 1.32. The van der Waals surface area contributed by atoms with Crippen molar-refractivity contribution < 1.29 is 22.7 Å². The first-order chi connectivity index (χ1) is 7.26. The molecule has 96 valence electrons. The number of nitrogens with two attached hydrogens (primary N) is 1. The molecule has 0 fully saturated rings. The Labute approximate surface area is 92.5 Å². The number of alkyl halides is 3. The van der Waals surface area contributed by atoms with Crippen molar-refractivity contribution in [2.45, 2.75) is 25.6 Å². The van der Waals surface area contributed by atoms with Crippen molar-refractivity contribution >= 4 is 5.97 Å². The fourth-order valence-electron chi connectivity index (χ4n) is 1.11. The summed E-state index contributed by atoms with van der Waals surface area (Å²) in [6.45, 7) is 0.938. The van der Waals surface area contributed by atoms with Crippen LogP contribution in [-0.4, -0.2) is 49.8 Å². The van der Waals surface area contributed by atoms with Gasteiger partial charge in [0, 0.05) is 6.54 Å². The molecular formula is C9H17F3N2O2. The fourth-order valence-corrected chi connectivity index (χ4v) is 1.11. The minimum absolute atomic E-state index is 0.0967. The number of rotatable bonds is 6. The highest BCUT2D eigenvalue weighted by atomic mass is 19.4. The topological polar surface area (TPSA) is 55.6 Å². The number of nitrogens with zero attached hydrogens (tertiary/aromatic N) is 1. The molecule has 1 atom stereocenters. The highest BCUT2D eigenvalue weighted by molar-refractivity contribution is 5.75. The quantitative estimate of drug-likeness (QED) is 0.699. The van der Waals surface area contributed by atoms with Crippen molar-refractivity contribution in [3.63, 3.8) is 0 Å². The molecule has 0 saturated heterocycles. The van der Waals surface area contributed by atoms with Crippen molar-refractivity contribution in [3.05, 3.63) is 0 Å². The zero-order valence-electron chi connectivity index (χ0n) is 9.38. The van der Waals surface area contributed by atoms with Crippen LogP contribution in [0.1, 0.15) is 13.3 Å². The minimum Gasteiger partial charge on any atom is -0.465 e. The number of esters is 1. The van der Waals surface area contributed by atoms with Gasteiger partial charge in [-0.25, -0.2) is 0 Å². The molecule has 0 saturated carbocycles. The Bertz CT molecular complexity index is 221. The maximum absolute atomic E-state index is 11.9. The van der Waals surface area contributed by atoms with Crippen LogP contribution in [0.4, 0.5) is 13.2 Å². The molecule has 0 aromatic carbocycles. The number of carbonyl (C=O) groups excluding carboxylic acids is 1. The van der Waals surface area contributed by atoms with E-state index in [-0.39, 0.29) is 19.6 Å². The Balaban J connectivity index is 3.83. The summed E-state index contributed by atoms with van der Waals surface area (Å²) >= 11 is 0. The molecule has 0 bridgehead atoms. The van der Waals surface area contributed by atoms with Crippen molar-refractivity contribution in [1.29, 1.82) is 0 Å². The molecule has 7 heteroatoms. The summed E-state index contributed by atoms with van der Waals surface area (Å²) in [5.74, 6) is -0.581. The van der Waals surface area contributed by atoms with Gasteiger partial charge in [-0.1, -0.05) is 0 Å². The molecule has 2 N–H and O–H groups in total. The van der Waals surface area contributed by atoms with E-state index in [0.29, 0.717) is 0 Å². The summed E-state index contributed by atoms with van der Waals surface area (Å²) in [6.07, 6.45) is -4.09. The summed E-state index contributed by atoms with van der Waals surface area (Å²) < 4.78 is 40.5. The fraction of sp³-hybridized carbons (Fsp3) is 0.889. The summed E-state index contributed by atoms with van der Waals surface area (Å²) in [5.41, 5.74) is 5.43. The number of carbonyl (C=O) groups is 1. The average molecular weight is 242 g/mol. The SMILES string of the molecule is CCOC(=O)C(N)CCN(C)CC(F)(F)F. The highest BCUT2D eigenvalue weighted by Gasteiger charge is 2.29. The van der Waals surface area contributed by atoms with Crippen molar-refractivity contribution in [2.75, 3.05) is 26.7 Å². The molecular weight excluding hydrogens is 225 g/mol. The number of hydrogen-bond donors (Lipinski definition) is 1. The molecule has 0 aliphatic carbocycles.